The number of nitrogens with one attached hydrogen (secondary N) is 1. The van der Waals surface area contributed by atoms with Gasteiger partial charge in [-0.1, -0.05) is 25.8 Å². The highest BCUT2D eigenvalue weighted by atomic mass is 19.1. The van der Waals surface area contributed by atoms with Gasteiger partial charge in [0, 0.05) is 24.8 Å². The summed E-state index contributed by atoms with van der Waals surface area (Å²) in [6.07, 6.45) is 5.43. The Morgan fingerprint density at radius 2 is 2.11 bits per heavy atom. The first-order valence-electron chi connectivity index (χ1n) is 7.03. The summed E-state index contributed by atoms with van der Waals surface area (Å²) in [7, 11) is 0. The summed E-state index contributed by atoms with van der Waals surface area (Å²) in [6, 6.07) is 7.44. The van der Waals surface area contributed by atoms with Gasteiger partial charge in [0.15, 0.2) is 0 Å². The number of anilines is 1. The zero-order valence-electron chi connectivity index (χ0n) is 11.2. The van der Waals surface area contributed by atoms with Crippen molar-refractivity contribution in [3.8, 4) is 0 Å². The van der Waals surface area contributed by atoms with Gasteiger partial charge in [0.05, 0.1) is 0 Å². The van der Waals surface area contributed by atoms with Crippen LogP contribution in [0.15, 0.2) is 24.3 Å². The van der Waals surface area contributed by atoms with E-state index in [1.807, 2.05) is 6.07 Å². The number of benzene rings is 1. The standard InChI is InChI=1S/C15H23FN2/c1-2-18(15-8-3-4-9-15)11-10-17-14-7-5-6-13(16)12-14/h5-7,12,15,17H,2-4,8-11H2,1H3. The van der Waals surface area contributed by atoms with E-state index in [1.165, 1.54) is 31.7 Å². The van der Waals surface area contributed by atoms with Crippen LogP contribution in [0.1, 0.15) is 32.6 Å². The fourth-order valence-corrected chi connectivity index (χ4v) is 2.81. The topological polar surface area (TPSA) is 15.3 Å². The molecule has 0 unspecified atom stereocenters. The molecule has 0 aromatic heterocycles. The normalized spacial score (nSPS) is 16.4. The van der Waals surface area contributed by atoms with Crippen molar-refractivity contribution in [1.82, 2.24) is 4.90 Å². The first kappa shape index (κ1) is 13.3. The molecule has 0 amide bonds. The molecule has 0 saturated heterocycles. The zero-order chi connectivity index (χ0) is 12.8. The van der Waals surface area contributed by atoms with E-state index in [4.69, 9.17) is 0 Å². The predicted octanol–water partition coefficient (Wildman–Crippen LogP) is 3.50. The Hall–Kier alpha value is -1.09. The van der Waals surface area contributed by atoms with E-state index in [2.05, 4.69) is 17.1 Å². The van der Waals surface area contributed by atoms with Crippen molar-refractivity contribution in [2.75, 3.05) is 25.0 Å². The summed E-state index contributed by atoms with van der Waals surface area (Å²) < 4.78 is 13.0. The minimum absolute atomic E-state index is 0.178. The van der Waals surface area contributed by atoms with Crippen molar-refractivity contribution in [3.05, 3.63) is 30.1 Å². The Kier molecular flexibility index (Phi) is 5.00. The summed E-state index contributed by atoms with van der Waals surface area (Å²) in [6.45, 7) is 5.25. The fraction of sp³-hybridized carbons (Fsp3) is 0.600. The SMILES string of the molecule is CCN(CCNc1cccc(F)c1)C1CCCC1. The zero-order valence-corrected chi connectivity index (χ0v) is 11.2. The van der Waals surface area contributed by atoms with E-state index in [-0.39, 0.29) is 5.82 Å². The summed E-state index contributed by atoms with van der Waals surface area (Å²) in [5.74, 6) is -0.178. The van der Waals surface area contributed by atoms with Crippen molar-refractivity contribution in [3.63, 3.8) is 0 Å². The van der Waals surface area contributed by atoms with Crippen molar-refractivity contribution in [2.45, 2.75) is 38.6 Å². The van der Waals surface area contributed by atoms with Crippen LogP contribution in [0.3, 0.4) is 0 Å². The van der Waals surface area contributed by atoms with Crippen molar-refractivity contribution >= 4 is 5.69 Å². The molecule has 18 heavy (non-hydrogen) atoms. The molecule has 1 aromatic carbocycles. The molecule has 1 aliphatic carbocycles. The Morgan fingerprint density at radius 1 is 1.33 bits per heavy atom. The average molecular weight is 250 g/mol. The van der Waals surface area contributed by atoms with Crippen LogP contribution in [0.5, 0.6) is 0 Å². The molecule has 1 aromatic rings. The van der Waals surface area contributed by atoms with Crippen LogP contribution in [-0.2, 0) is 0 Å². The monoisotopic (exact) mass is 250 g/mol. The maximum atomic E-state index is 13.0. The van der Waals surface area contributed by atoms with Gasteiger partial charge in [-0.3, -0.25) is 4.90 Å². The first-order chi connectivity index (χ1) is 8.79. The van der Waals surface area contributed by atoms with Gasteiger partial charge < -0.3 is 5.32 Å². The van der Waals surface area contributed by atoms with E-state index < -0.39 is 0 Å². The molecular weight excluding hydrogens is 227 g/mol. The molecule has 0 atom stereocenters. The van der Waals surface area contributed by atoms with Crippen molar-refractivity contribution in [2.24, 2.45) is 0 Å². The third-order valence-electron chi connectivity index (χ3n) is 3.80. The van der Waals surface area contributed by atoms with Crippen LogP contribution in [0.2, 0.25) is 0 Å². The Bertz CT molecular complexity index is 361. The Balaban J connectivity index is 1.76. The quantitative estimate of drug-likeness (QED) is 0.831. The largest absolute Gasteiger partial charge is 0.384 e. The van der Waals surface area contributed by atoms with Crippen LogP contribution in [0, 0.1) is 5.82 Å². The van der Waals surface area contributed by atoms with Crippen LogP contribution < -0.4 is 5.32 Å². The van der Waals surface area contributed by atoms with Crippen LogP contribution in [0.4, 0.5) is 10.1 Å². The first-order valence-corrected chi connectivity index (χ1v) is 7.03. The van der Waals surface area contributed by atoms with E-state index in [0.717, 1.165) is 31.4 Å². The highest BCUT2D eigenvalue weighted by Crippen LogP contribution is 2.23. The van der Waals surface area contributed by atoms with Gasteiger partial charge in [0.1, 0.15) is 5.82 Å². The Morgan fingerprint density at radius 3 is 2.78 bits per heavy atom. The second-order valence-electron chi connectivity index (χ2n) is 5.00. The predicted molar refractivity (Wildman–Crippen MR) is 74.4 cm³/mol. The molecule has 1 aliphatic rings. The van der Waals surface area contributed by atoms with E-state index in [9.17, 15) is 4.39 Å². The molecule has 0 aliphatic heterocycles. The van der Waals surface area contributed by atoms with Gasteiger partial charge in [0.25, 0.3) is 0 Å². The number of rotatable bonds is 6. The molecule has 0 radical (unpaired) electrons. The van der Waals surface area contributed by atoms with Crippen molar-refractivity contribution < 1.29 is 4.39 Å². The lowest BCUT2D eigenvalue weighted by Gasteiger charge is -2.27. The lowest BCUT2D eigenvalue weighted by atomic mass is 10.2. The molecule has 100 valence electrons. The number of likely N-dealkylation sites (N-methyl/N-ethyl adjacent to an activating group) is 1. The highest BCUT2D eigenvalue weighted by molar-refractivity contribution is 5.42. The van der Waals surface area contributed by atoms with Crippen LogP contribution in [-0.4, -0.2) is 30.6 Å². The Labute approximate surface area is 109 Å². The molecular formula is C15H23FN2. The third kappa shape index (κ3) is 3.70. The molecule has 1 saturated carbocycles. The number of hydrogen-bond acceptors (Lipinski definition) is 2. The van der Waals surface area contributed by atoms with Gasteiger partial charge >= 0.3 is 0 Å². The number of hydrogen-bond donors (Lipinski definition) is 1. The van der Waals surface area contributed by atoms with Gasteiger partial charge in [-0.15, -0.1) is 0 Å². The lowest BCUT2D eigenvalue weighted by Crippen LogP contribution is -2.36. The van der Waals surface area contributed by atoms with E-state index >= 15 is 0 Å². The summed E-state index contributed by atoms with van der Waals surface area (Å²) in [4.78, 5) is 2.54. The third-order valence-corrected chi connectivity index (χ3v) is 3.80. The maximum Gasteiger partial charge on any atom is 0.125 e. The second-order valence-corrected chi connectivity index (χ2v) is 5.00. The van der Waals surface area contributed by atoms with Crippen LogP contribution >= 0.6 is 0 Å². The molecule has 2 rings (SSSR count). The molecule has 0 spiro atoms. The maximum absolute atomic E-state index is 13.0. The number of nitrogens with zero attached hydrogens (tertiary/aromatic N) is 1. The molecule has 3 heteroatoms. The minimum Gasteiger partial charge on any atom is -0.384 e. The molecule has 0 heterocycles. The van der Waals surface area contributed by atoms with Gasteiger partial charge in [-0.25, -0.2) is 4.39 Å². The van der Waals surface area contributed by atoms with E-state index in [0.29, 0.717) is 0 Å². The fourth-order valence-electron chi connectivity index (χ4n) is 2.81. The van der Waals surface area contributed by atoms with Gasteiger partial charge in [0.2, 0.25) is 0 Å². The molecule has 0 bridgehead atoms. The molecule has 1 N–H and O–H groups in total. The molecule has 2 nitrogen and oxygen atoms in total. The lowest BCUT2D eigenvalue weighted by molar-refractivity contribution is 0.217. The summed E-state index contributed by atoms with van der Waals surface area (Å²) in [5, 5.41) is 3.29. The highest BCUT2D eigenvalue weighted by Gasteiger charge is 2.20. The van der Waals surface area contributed by atoms with Crippen molar-refractivity contribution in [1.29, 1.82) is 0 Å². The summed E-state index contributed by atoms with van der Waals surface area (Å²) in [5.41, 5.74) is 0.873. The molecule has 1 fully saturated rings. The second kappa shape index (κ2) is 6.74. The smallest absolute Gasteiger partial charge is 0.125 e. The van der Waals surface area contributed by atoms with Gasteiger partial charge in [-0.05, 0) is 37.6 Å². The van der Waals surface area contributed by atoms with Gasteiger partial charge in [-0.2, -0.15) is 0 Å². The summed E-state index contributed by atoms with van der Waals surface area (Å²) >= 11 is 0. The minimum atomic E-state index is -0.178. The van der Waals surface area contributed by atoms with Crippen LogP contribution in [0.25, 0.3) is 0 Å². The van der Waals surface area contributed by atoms with E-state index in [1.54, 1.807) is 12.1 Å². The average Bonchev–Trinajstić information content (AvgIpc) is 2.88. The number of halogens is 1.